The lowest BCUT2D eigenvalue weighted by Crippen LogP contribution is -2.15. The summed E-state index contributed by atoms with van der Waals surface area (Å²) in [5.41, 5.74) is 1.19. The molecular formula is C15H25NO2S. The molecule has 0 radical (unpaired) electrons. The van der Waals surface area contributed by atoms with Gasteiger partial charge in [-0.15, -0.1) is 0 Å². The van der Waals surface area contributed by atoms with Crippen molar-refractivity contribution in [3.63, 3.8) is 0 Å². The summed E-state index contributed by atoms with van der Waals surface area (Å²) in [5.74, 6) is 3.93. The molecule has 3 nitrogen and oxygen atoms in total. The molecule has 0 unspecified atom stereocenters. The minimum atomic E-state index is 0.743. The van der Waals surface area contributed by atoms with Crippen LogP contribution in [0.5, 0.6) is 11.5 Å². The van der Waals surface area contributed by atoms with Crippen LogP contribution < -0.4 is 14.8 Å². The quantitative estimate of drug-likeness (QED) is 0.667. The molecule has 0 aliphatic heterocycles. The van der Waals surface area contributed by atoms with Crippen molar-refractivity contribution in [3.05, 3.63) is 23.8 Å². The van der Waals surface area contributed by atoms with Crippen molar-refractivity contribution in [1.82, 2.24) is 5.32 Å². The van der Waals surface area contributed by atoms with Gasteiger partial charge in [-0.3, -0.25) is 0 Å². The van der Waals surface area contributed by atoms with E-state index in [0.717, 1.165) is 49.1 Å². The topological polar surface area (TPSA) is 30.5 Å². The van der Waals surface area contributed by atoms with E-state index in [0.29, 0.717) is 0 Å². The molecule has 0 bridgehead atoms. The molecule has 108 valence electrons. The van der Waals surface area contributed by atoms with E-state index in [9.17, 15) is 0 Å². The maximum absolute atomic E-state index is 5.87. The van der Waals surface area contributed by atoms with Gasteiger partial charge >= 0.3 is 0 Å². The minimum absolute atomic E-state index is 0.743. The SMILES string of the molecule is CCCNCc1ccc(OC)cc1OCCSCC. The Balaban J connectivity index is 2.60. The normalized spacial score (nSPS) is 10.5. The number of nitrogens with one attached hydrogen (secondary N) is 1. The number of methoxy groups -OCH3 is 1. The zero-order valence-corrected chi connectivity index (χ0v) is 13.0. The summed E-state index contributed by atoms with van der Waals surface area (Å²) in [6.45, 7) is 6.94. The average molecular weight is 283 g/mol. The van der Waals surface area contributed by atoms with Crippen LogP contribution in [0.25, 0.3) is 0 Å². The number of hydrogen-bond acceptors (Lipinski definition) is 4. The zero-order valence-electron chi connectivity index (χ0n) is 12.2. The zero-order chi connectivity index (χ0) is 13.9. The fraction of sp³-hybridized carbons (Fsp3) is 0.600. The van der Waals surface area contributed by atoms with Gasteiger partial charge in [-0.05, 0) is 24.8 Å². The van der Waals surface area contributed by atoms with Crippen LogP contribution in [0.1, 0.15) is 25.8 Å². The Labute approximate surface area is 121 Å². The summed E-state index contributed by atoms with van der Waals surface area (Å²) in [7, 11) is 1.68. The molecule has 0 saturated carbocycles. The van der Waals surface area contributed by atoms with Crippen molar-refractivity contribution >= 4 is 11.8 Å². The van der Waals surface area contributed by atoms with Crippen LogP contribution in [-0.2, 0) is 6.54 Å². The fourth-order valence-electron chi connectivity index (χ4n) is 1.70. The maximum Gasteiger partial charge on any atom is 0.127 e. The second kappa shape index (κ2) is 9.98. The summed E-state index contributed by atoms with van der Waals surface area (Å²) < 4.78 is 11.1. The van der Waals surface area contributed by atoms with E-state index in [4.69, 9.17) is 9.47 Å². The van der Waals surface area contributed by atoms with Crippen LogP contribution in [-0.4, -0.2) is 31.8 Å². The lowest BCUT2D eigenvalue weighted by atomic mass is 10.2. The van der Waals surface area contributed by atoms with E-state index in [1.807, 2.05) is 23.9 Å². The first-order valence-electron chi connectivity index (χ1n) is 6.90. The third-order valence-corrected chi connectivity index (χ3v) is 3.57. The van der Waals surface area contributed by atoms with E-state index in [1.165, 1.54) is 5.56 Å². The van der Waals surface area contributed by atoms with E-state index in [-0.39, 0.29) is 0 Å². The second-order valence-electron chi connectivity index (χ2n) is 4.20. The third-order valence-electron chi connectivity index (χ3n) is 2.71. The first-order valence-corrected chi connectivity index (χ1v) is 8.05. The fourth-order valence-corrected chi connectivity index (χ4v) is 2.19. The number of hydrogen-bond donors (Lipinski definition) is 1. The Morgan fingerprint density at radius 3 is 2.79 bits per heavy atom. The molecule has 0 fully saturated rings. The third kappa shape index (κ3) is 6.21. The van der Waals surface area contributed by atoms with Gasteiger partial charge in [0.15, 0.2) is 0 Å². The molecule has 0 atom stereocenters. The van der Waals surface area contributed by atoms with Crippen molar-refractivity contribution in [2.24, 2.45) is 0 Å². The van der Waals surface area contributed by atoms with Crippen molar-refractivity contribution in [2.45, 2.75) is 26.8 Å². The molecule has 0 amide bonds. The summed E-state index contributed by atoms with van der Waals surface area (Å²) in [4.78, 5) is 0. The van der Waals surface area contributed by atoms with Gasteiger partial charge in [0, 0.05) is 23.9 Å². The first-order chi connectivity index (χ1) is 9.31. The first kappa shape index (κ1) is 16.2. The summed E-state index contributed by atoms with van der Waals surface area (Å²) in [6.07, 6.45) is 1.14. The van der Waals surface area contributed by atoms with Crippen molar-refractivity contribution < 1.29 is 9.47 Å². The highest BCUT2D eigenvalue weighted by Crippen LogP contribution is 2.25. The average Bonchev–Trinajstić information content (AvgIpc) is 2.45. The van der Waals surface area contributed by atoms with Crippen molar-refractivity contribution in [3.8, 4) is 11.5 Å². The molecule has 1 aromatic rings. The van der Waals surface area contributed by atoms with Crippen LogP contribution in [0.2, 0.25) is 0 Å². The smallest absolute Gasteiger partial charge is 0.127 e. The summed E-state index contributed by atoms with van der Waals surface area (Å²) in [5, 5.41) is 3.40. The minimum Gasteiger partial charge on any atom is -0.497 e. The van der Waals surface area contributed by atoms with Gasteiger partial charge in [0.1, 0.15) is 11.5 Å². The molecule has 0 saturated heterocycles. The van der Waals surface area contributed by atoms with Gasteiger partial charge < -0.3 is 14.8 Å². The monoisotopic (exact) mass is 283 g/mol. The van der Waals surface area contributed by atoms with Gasteiger partial charge in [-0.1, -0.05) is 19.9 Å². The molecule has 0 heterocycles. The van der Waals surface area contributed by atoms with Gasteiger partial charge in [0.2, 0.25) is 0 Å². The second-order valence-corrected chi connectivity index (χ2v) is 5.59. The van der Waals surface area contributed by atoms with Crippen LogP contribution in [0.4, 0.5) is 0 Å². The van der Waals surface area contributed by atoms with Crippen molar-refractivity contribution in [2.75, 3.05) is 31.8 Å². The van der Waals surface area contributed by atoms with Crippen molar-refractivity contribution in [1.29, 1.82) is 0 Å². The largest absolute Gasteiger partial charge is 0.497 e. The Morgan fingerprint density at radius 2 is 2.11 bits per heavy atom. The van der Waals surface area contributed by atoms with E-state index in [1.54, 1.807) is 7.11 Å². The van der Waals surface area contributed by atoms with Gasteiger partial charge in [0.25, 0.3) is 0 Å². The highest BCUT2D eigenvalue weighted by molar-refractivity contribution is 7.99. The lowest BCUT2D eigenvalue weighted by Gasteiger charge is -2.13. The van der Waals surface area contributed by atoms with Gasteiger partial charge in [0.05, 0.1) is 13.7 Å². The Kier molecular flexibility index (Phi) is 8.50. The summed E-state index contributed by atoms with van der Waals surface area (Å²) in [6, 6.07) is 6.03. The number of ether oxygens (including phenoxy) is 2. The highest BCUT2D eigenvalue weighted by Gasteiger charge is 2.05. The van der Waals surface area contributed by atoms with Crippen LogP contribution >= 0.6 is 11.8 Å². The standard InChI is InChI=1S/C15H25NO2S/c1-4-8-16-12-13-6-7-14(17-3)11-15(13)18-9-10-19-5-2/h6-7,11,16H,4-5,8-10,12H2,1-3H3. The molecule has 4 heteroatoms. The predicted octanol–water partition coefficient (Wildman–Crippen LogP) is 3.33. The van der Waals surface area contributed by atoms with Crippen LogP contribution in [0.3, 0.4) is 0 Å². The maximum atomic E-state index is 5.87. The van der Waals surface area contributed by atoms with Crippen LogP contribution in [0, 0.1) is 0 Å². The molecule has 0 aliphatic carbocycles. The number of rotatable bonds is 10. The molecule has 0 aliphatic rings. The van der Waals surface area contributed by atoms with Crippen LogP contribution in [0.15, 0.2) is 18.2 Å². The highest BCUT2D eigenvalue weighted by atomic mass is 32.2. The molecule has 1 rings (SSSR count). The molecule has 0 spiro atoms. The van der Waals surface area contributed by atoms with Gasteiger partial charge in [-0.25, -0.2) is 0 Å². The lowest BCUT2D eigenvalue weighted by molar-refractivity contribution is 0.335. The van der Waals surface area contributed by atoms with E-state index >= 15 is 0 Å². The Hall–Kier alpha value is -0.870. The Bertz CT molecular complexity index is 358. The molecular weight excluding hydrogens is 258 g/mol. The van der Waals surface area contributed by atoms with Gasteiger partial charge in [-0.2, -0.15) is 11.8 Å². The van der Waals surface area contributed by atoms with E-state index in [2.05, 4.69) is 25.2 Å². The Morgan fingerprint density at radius 1 is 1.26 bits per heavy atom. The molecule has 0 aromatic heterocycles. The van der Waals surface area contributed by atoms with E-state index < -0.39 is 0 Å². The number of thioether (sulfide) groups is 1. The molecule has 1 aromatic carbocycles. The molecule has 1 N–H and O–H groups in total. The summed E-state index contributed by atoms with van der Waals surface area (Å²) >= 11 is 1.89. The predicted molar refractivity (Wildman–Crippen MR) is 83.5 cm³/mol. The molecule has 19 heavy (non-hydrogen) atoms. The number of benzene rings is 1.